The van der Waals surface area contributed by atoms with Gasteiger partial charge in [0.25, 0.3) is 0 Å². The number of aromatic nitrogens is 2. The largest absolute Gasteiger partial charge is 0.359 e. The molecule has 2 aromatic heterocycles. The highest BCUT2D eigenvalue weighted by molar-refractivity contribution is 5.96. The number of fused-ring (bicyclic) bond motifs is 1. The number of aromatic amines is 1. The van der Waals surface area contributed by atoms with Gasteiger partial charge in [0.05, 0.1) is 11.7 Å². The number of H-pyrrole nitrogens is 1. The average Bonchev–Trinajstić information content (AvgIpc) is 2.47. The van der Waals surface area contributed by atoms with E-state index in [4.69, 9.17) is 0 Å². The summed E-state index contributed by atoms with van der Waals surface area (Å²) in [5.74, 6) is 0. The van der Waals surface area contributed by atoms with Gasteiger partial charge in [0.1, 0.15) is 0 Å². The molecule has 3 nitrogen and oxygen atoms in total. The van der Waals surface area contributed by atoms with Crippen molar-refractivity contribution in [2.75, 3.05) is 0 Å². The van der Waals surface area contributed by atoms with Crippen molar-refractivity contribution in [3.63, 3.8) is 0 Å². The van der Waals surface area contributed by atoms with Gasteiger partial charge < -0.3 is 4.98 Å². The predicted octanol–water partition coefficient (Wildman–Crippen LogP) is 1.38. The van der Waals surface area contributed by atoms with Crippen molar-refractivity contribution in [3.05, 3.63) is 30.2 Å². The van der Waals surface area contributed by atoms with E-state index in [2.05, 4.69) is 9.97 Å². The Labute approximate surface area is 63.1 Å². The quantitative estimate of drug-likeness (QED) is 0.617. The van der Waals surface area contributed by atoms with Crippen LogP contribution in [0, 0.1) is 0 Å². The molecular formula is C8H6N2O. The van der Waals surface area contributed by atoms with Crippen molar-refractivity contribution in [3.8, 4) is 0 Å². The van der Waals surface area contributed by atoms with Crippen LogP contribution in [0.4, 0.5) is 0 Å². The lowest BCUT2D eigenvalue weighted by atomic mass is 10.2. The minimum Gasteiger partial charge on any atom is -0.359 e. The molecule has 0 amide bonds. The standard InChI is InChI=1S/C8H6N2O/c11-5-6-3-10-8-4-9-2-1-7(6)8/h1-5,10H. The molecule has 0 aromatic carbocycles. The monoisotopic (exact) mass is 146 g/mol. The average molecular weight is 146 g/mol. The highest BCUT2D eigenvalue weighted by Crippen LogP contribution is 2.13. The van der Waals surface area contributed by atoms with Crippen LogP contribution in [-0.2, 0) is 0 Å². The van der Waals surface area contributed by atoms with E-state index in [0.717, 1.165) is 17.2 Å². The Bertz CT molecular complexity index is 392. The van der Waals surface area contributed by atoms with Crippen molar-refractivity contribution >= 4 is 17.2 Å². The van der Waals surface area contributed by atoms with Gasteiger partial charge in [-0.2, -0.15) is 0 Å². The van der Waals surface area contributed by atoms with E-state index in [1.54, 1.807) is 18.6 Å². The molecule has 0 bridgehead atoms. The summed E-state index contributed by atoms with van der Waals surface area (Å²) in [6, 6.07) is 1.82. The Hall–Kier alpha value is -1.64. The zero-order chi connectivity index (χ0) is 7.68. The van der Waals surface area contributed by atoms with Crippen molar-refractivity contribution in [2.24, 2.45) is 0 Å². The lowest BCUT2D eigenvalue weighted by molar-refractivity contribution is 0.112. The molecular weight excluding hydrogens is 140 g/mol. The summed E-state index contributed by atoms with van der Waals surface area (Å²) >= 11 is 0. The van der Waals surface area contributed by atoms with Crippen molar-refractivity contribution in [1.29, 1.82) is 0 Å². The molecule has 1 N–H and O–H groups in total. The minimum atomic E-state index is 0.683. The number of aldehydes is 1. The van der Waals surface area contributed by atoms with Crippen molar-refractivity contribution < 1.29 is 4.79 Å². The summed E-state index contributed by atoms with van der Waals surface area (Å²) in [6.45, 7) is 0. The lowest BCUT2D eigenvalue weighted by Gasteiger charge is -1.85. The Morgan fingerprint density at radius 1 is 1.55 bits per heavy atom. The molecule has 2 aromatic rings. The Balaban J connectivity index is 2.86. The second-order valence-corrected chi connectivity index (χ2v) is 2.28. The second-order valence-electron chi connectivity index (χ2n) is 2.28. The lowest BCUT2D eigenvalue weighted by Crippen LogP contribution is -1.74. The van der Waals surface area contributed by atoms with E-state index in [1.165, 1.54) is 0 Å². The summed E-state index contributed by atoms with van der Waals surface area (Å²) in [7, 11) is 0. The molecule has 11 heavy (non-hydrogen) atoms. The van der Waals surface area contributed by atoms with E-state index in [9.17, 15) is 4.79 Å². The number of hydrogen-bond acceptors (Lipinski definition) is 2. The summed E-state index contributed by atoms with van der Waals surface area (Å²) in [4.78, 5) is 17.3. The summed E-state index contributed by atoms with van der Waals surface area (Å²) in [5, 5.41) is 0.926. The Morgan fingerprint density at radius 2 is 2.45 bits per heavy atom. The molecule has 54 valence electrons. The van der Waals surface area contributed by atoms with Crippen LogP contribution in [0.2, 0.25) is 0 Å². The third kappa shape index (κ3) is 0.816. The third-order valence-electron chi connectivity index (χ3n) is 1.64. The van der Waals surface area contributed by atoms with Gasteiger partial charge in [0.2, 0.25) is 0 Å². The van der Waals surface area contributed by atoms with Crippen molar-refractivity contribution in [1.82, 2.24) is 9.97 Å². The molecule has 0 aliphatic heterocycles. The molecule has 2 rings (SSSR count). The van der Waals surface area contributed by atoms with Gasteiger partial charge in [-0.15, -0.1) is 0 Å². The van der Waals surface area contributed by atoms with E-state index < -0.39 is 0 Å². The van der Waals surface area contributed by atoms with Crippen molar-refractivity contribution in [2.45, 2.75) is 0 Å². The van der Waals surface area contributed by atoms with Gasteiger partial charge >= 0.3 is 0 Å². The molecule has 3 heteroatoms. The van der Waals surface area contributed by atoms with Gasteiger partial charge in [0, 0.05) is 23.3 Å². The normalized spacial score (nSPS) is 10.2. The molecule has 0 saturated heterocycles. The first kappa shape index (κ1) is 6.09. The summed E-state index contributed by atoms with van der Waals surface area (Å²) < 4.78 is 0. The molecule has 0 aliphatic carbocycles. The van der Waals surface area contributed by atoms with E-state index in [1.807, 2.05) is 6.07 Å². The molecule has 0 spiro atoms. The van der Waals surface area contributed by atoms with Gasteiger partial charge in [0.15, 0.2) is 6.29 Å². The fourth-order valence-electron chi connectivity index (χ4n) is 1.09. The molecule has 0 aliphatic rings. The first-order valence-corrected chi connectivity index (χ1v) is 3.28. The Morgan fingerprint density at radius 3 is 3.27 bits per heavy atom. The van der Waals surface area contributed by atoms with Crippen LogP contribution >= 0.6 is 0 Å². The van der Waals surface area contributed by atoms with Gasteiger partial charge in [-0.1, -0.05) is 0 Å². The van der Waals surface area contributed by atoms with E-state index >= 15 is 0 Å². The zero-order valence-corrected chi connectivity index (χ0v) is 5.74. The molecule has 0 atom stereocenters. The highest BCUT2D eigenvalue weighted by atomic mass is 16.1. The van der Waals surface area contributed by atoms with Gasteiger partial charge in [-0.25, -0.2) is 0 Å². The summed E-state index contributed by atoms with van der Waals surface area (Å²) in [6.07, 6.45) is 5.88. The first-order chi connectivity index (χ1) is 5.42. The number of pyridine rings is 1. The van der Waals surface area contributed by atoms with Crippen LogP contribution in [-0.4, -0.2) is 16.3 Å². The fraction of sp³-hybridized carbons (Fsp3) is 0. The number of rotatable bonds is 1. The maximum Gasteiger partial charge on any atom is 0.152 e. The summed E-state index contributed by atoms with van der Waals surface area (Å²) in [5.41, 5.74) is 1.58. The van der Waals surface area contributed by atoms with Gasteiger partial charge in [-0.05, 0) is 6.07 Å². The fourth-order valence-corrected chi connectivity index (χ4v) is 1.09. The number of carbonyl (C=O) groups excluding carboxylic acids is 1. The van der Waals surface area contributed by atoms with Crippen LogP contribution in [0.1, 0.15) is 10.4 Å². The zero-order valence-electron chi connectivity index (χ0n) is 5.74. The van der Waals surface area contributed by atoms with Crippen LogP contribution in [0.25, 0.3) is 10.9 Å². The molecule has 0 saturated carbocycles. The van der Waals surface area contributed by atoms with Crippen LogP contribution < -0.4 is 0 Å². The smallest absolute Gasteiger partial charge is 0.152 e. The first-order valence-electron chi connectivity index (χ1n) is 3.28. The Kier molecular flexibility index (Phi) is 1.22. The molecule has 0 fully saturated rings. The van der Waals surface area contributed by atoms with E-state index in [0.29, 0.717) is 5.56 Å². The maximum atomic E-state index is 10.4. The maximum absolute atomic E-state index is 10.4. The molecule has 0 radical (unpaired) electrons. The van der Waals surface area contributed by atoms with E-state index in [-0.39, 0.29) is 0 Å². The SMILES string of the molecule is O=Cc1c[nH]c2cnccc12. The van der Waals surface area contributed by atoms with Crippen LogP contribution in [0.3, 0.4) is 0 Å². The number of nitrogens with zero attached hydrogens (tertiary/aromatic N) is 1. The van der Waals surface area contributed by atoms with Crippen LogP contribution in [0.15, 0.2) is 24.7 Å². The number of carbonyl (C=O) groups is 1. The van der Waals surface area contributed by atoms with Gasteiger partial charge in [-0.3, -0.25) is 9.78 Å². The van der Waals surface area contributed by atoms with Crippen LogP contribution in [0.5, 0.6) is 0 Å². The molecule has 2 heterocycles. The number of hydrogen-bond donors (Lipinski definition) is 1. The molecule has 0 unspecified atom stereocenters. The second kappa shape index (κ2) is 2.20. The minimum absolute atomic E-state index is 0.683. The number of nitrogens with one attached hydrogen (secondary N) is 1. The third-order valence-corrected chi connectivity index (χ3v) is 1.64. The topological polar surface area (TPSA) is 45.8 Å². The highest BCUT2D eigenvalue weighted by Gasteiger charge is 1.99. The predicted molar refractivity (Wildman–Crippen MR) is 41.5 cm³/mol.